The van der Waals surface area contributed by atoms with E-state index in [-0.39, 0.29) is 5.91 Å². The molecule has 0 bridgehead atoms. The summed E-state index contributed by atoms with van der Waals surface area (Å²) < 4.78 is 12.5. The van der Waals surface area contributed by atoms with Gasteiger partial charge in [-0.1, -0.05) is 55.5 Å². The molecule has 1 amide bonds. The molecule has 2 aromatic carbocycles. The van der Waals surface area contributed by atoms with E-state index >= 15 is 0 Å². The van der Waals surface area contributed by atoms with Gasteiger partial charge in [0, 0.05) is 4.47 Å². The minimum absolute atomic E-state index is 0.183. The van der Waals surface area contributed by atoms with Crippen LogP contribution in [0.5, 0.6) is 11.5 Å². The maximum Gasteiger partial charge on any atom is 0.270 e. The van der Waals surface area contributed by atoms with Crippen molar-refractivity contribution in [2.45, 2.75) is 13.8 Å². The normalized spacial score (nSPS) is 15.5. The van der Waals surface area contributed by atoms with Gasteiger partial charge in [-0.3, -0.25) is 9.69 Å². The van der Waals surface area contributed by atoms with Crippen LogP contribution in [-0.4, -0.2) is 23.9 Å². The zero-order chi connectivity index (χ0) is 21.1. The lowest BCUT2D eigenvalue weighted by Crippen LogP contribution is -2.27. The fourth-order valence-electron chi connectivity index (χ4n) is 2.62. The summed E-state index contributed by atoms with van der Waals surface area (Å²) in [5.74, 6) is 1.52. The van der Waals surface area contributed by atoms with Gasteiger partial charge in [-0.05, 0) is 63.8 Å². The highest BCUT2D eigenvalue weighted by molar-refractivity contribution is 9.10. The van der Waals surface area contributed by atoms with Crippen molar-refractivity contribution in [3.05, 3.63) is 56.4 Å². The molecular weight excluding hydrogens is 494 g/mol. The molecule has 0 saturated carbocycles. The lowest BCUT2D eigenvalue weighted by molar-refractivity contribution is -0.113. The Morgan fingerprint density at radius 1 is 1.24 bits per heavy atom. The molecule has 1 saturated heterocycles. The molecule has 0 aliphatic carbocycles. The molecule has 1 fully saturated rings. The number of benzene rings is 2. The molecule has 0 aromatic heterocycles. The van der Waals surface area contributed by atoms with Crippen molar-refractivity contribution in [1.82, 2.24) is 0 Å². The van der Waals surface area contributed by atoms with Gasteiger partial charge < -0.3 is 9.47 Å². The lowest BCUT2D eigenvalue weighted by atomic mass is 10.1. The van der Waals surface area contributed by atoms with Crippen molar-refractivity contribution in [1.29, 1.82) is 0 Å². The lowest BCUT2D eigenvalue weighted by Gasteiger charge is -2.15. The number of hydrogen-bond acceptors (Lipinski definition) is 5. The third-order valence-corrected chi connectivity index (χ3v) is 6.55. The van der Waals surface area contributed by atoms with Crippen LogP contribution in [-0.2, 0) is 4.79 Å². The van der Waals surface area contributed by atoms with Crippen molar-refractivity contribution >= 4 is 73.5 Å². The zero-order valence-corrected chi connectivity index (χ0v) is 20.0. The predicted molar refractivity (Wildman–Crippen MR) is 128 cm³/mol. The molecule has 4 nitrogen and oxygen atoms in total. The van der Waals surface area contributed by atoms with Crippen LogP contribution < -0.4 is 14.4 Å². The third kappa shape index (κ3) is 5.15. The maximum absolute atomic E-state index is 13.0. The largest absolute Gasteiger partial charge is 0.493 e. The van der Waals surface area contributed by atoms with Crippen molar-refractivity contribution in [2.24, 2.45) is 5.92 Å². The quantitative estimate of drug-likeness (QED) is 0.324. The average molecular weight is 513 g/mol. The Hall–Kier alpha value is -1.54. The van der Waals surface area contributed by atoms with E-state index in [1.54, 1.807) is 31.4 Å². The van der Waals surface area contributed by atoms with Crippen LogP contribution in [0.3, 0.4) is 0 Å². The van der Waals surface area contributed by atoms with Crippen molar-refractivity contribution in [3.63, 3.8) is 0 Å². The fraction of sp³-hybridized carbons (Fsp3) is 0.238. The van der Waals surface area contributed by atoms with Gasteiger partial charge in [-0.2, -0.15) is 0 Å². The molecule has 1 aliphatic rings. The number of carbonyl (C=O) groups excluding carboxylic acids is 1. The Labute approximate surface area is 193 Å². The Morgan fingerprint density at radius 2 is 2.00 bits per heavy atom. The second kappa shape index (κ2) is 9.51. The molecule has 152 valence electrons. The van der Waals surface area contributed by atoms with Gasteiger partial charge in [-0.25, -0.2) is 0 Å². The van der Waals surface area contributed by atoms with Crippen molar-refractivity contribution in [3.8, 4) is 11.5 Å². The number of ether oxygens (including phenoxy) is 2. The summed E-state index contributed by atoms with van der Waals surface area (Å²) in [5, 5.41) is 0.516. The minimum Gasteiger partial charge on any atom is -0.493 e. The SMILES string of the molecule is COc1cc(/C=C2\SC(=S)N(c3ccc(Br)c(Cl)c3)C2=O)ccc1OCC(C)C. The highest BCUT2D eigenvalue weighted by Gasteiger charge is 2.33. The first-order valence-corrected chi connectivity index (χ1v) is 11.2. The maximum atomic E-state index is 13.0. The van der Waals surface area contributed by atoms with Gasteiger partial charge in [0.15, 0.2) is 15.8 Å². The van der Waals surface area contributed by atoms with Crippen LogP contribution in [0.15, 0.2) is 45.8 Å². The number of amides is 1. The van der Waals surface area contributed by atoms with Crippen molar-refractivity contribution < 1.29 is 14.3 Å². The highest BCUT2D eigenvalue weighted by atomic mass is 79.9. The Morgan fingerprint density at radius 3 is 2.66 bits per heavy atom. The number of thioether (sulfide) groups is 1. The third-order valence-electron chi connectivity index (χ3n) is 4.01. The van der Waals surface area contributed by atoms with E-state index < -0.39 is 0 Å². The molecule has 0 N–H and O–H groups in total. The highest BCUT2D eigenvalue weighted by Crippen LogP contribution is 2.38. The van der Waals surface area contributed by atoms with Crippen LogP contribution in [0, 0.1) is 5.92 Å². The van der Waals surface area contributed by atoms with Gasteiger partial charge >= 0.3 is 0 Å². The van der Waals surface area contributed by atoms with Crippen LogP contribution in [0.4, 0.5) is 5.69 Å². The Kier molecular flexibility index (Phi) is 7.27. The first-order valence-electron chi connectivity index (χ1n) is 8.84. The minimum atomic E-state index is -0.183. The molecule has 3 rings (SSSR count). The number of halogens is 2. The molecule has 2 aromatic rings. The first-order chi connectivity index (χ1) is 13.8. The van der Waals surface area contributed by atoms with E-state index in [4.69, 9.17) is 33.3 Å². The van der Waals surface area contributed by atoms with Crippen LogP contribution >= 0.6 is 51.5 Å². The van der Waals surface area contributed by atoms with Gasteiger partial charge in [0.05, 0.1) is 29.3 Å². The monoisotopic (exact) mass is 511 g/mol. The summed E-state index contributed by atoms with van der Waals surface area (Å²) in [4.78, 5) is 15.0. The Bertz CT molecular complexity index is 994. The van der Waals surface area contributed by atoms with Gasteiger partial charge in [0.25, 0.3) is 5.91 Å². The van der Waals surface area contributed by atoms with E-state index in [2.05, 4.69) is 29.8 Å². The molecule has 0 spiro atoms. The van der Waals surface area contributed by atoms with E-state index in [1.165, 1.54) is 16.7 Å². The van der Waals surface area contributed by atoms with E-state index in [9.17, 15) is 4.79 Å². The number of anilines is 1. The summed E-state index contributed by atoms with van der Waals surface area (Å²) in [5.41, 5.74) is 1.46. The second-order valence-corrected chi connectivity index (χ2v) is 9.67. The number of hydrogen-bond donors (Lipinski definition) is 0. The van der Waals surface area contributed by atoms with E-state index in [1.807, 2.05) is 18.2 Å². The van der Waals surface area contributed by atoms with E-state index in [0.717, 1.165) is 10.0 Å². The summed E-state index contributed by atoms with van der Waals surface area (Å²) in [6.45, 7) is 4.77. The molecule has 1 aliphatic heterocycles. The standard InChI is InChI=1S/C21H19BrClNO3S2/c1-12(2)11-27-17-7-4-13(8-18(17)26-3)9-19-20(25)24(21(28)29-19)14-5-6-15(22)16(23)10-14/h4-10,12H,11H2,1-3H3/b19-9-. The van der Waals surface area contributed by atoms with Gasteiger partial charge in [0.2, 0.25) is 0 Å². The molecular formula is C21H19BrClNO3S2. The van der Waals surface area contributed by atoms with Crippen LogP contribution in [0.25, 0.3) is 6.08 Å². The number of methoxy groups -OCH3 is 1. The molecule has 0 atom stereocenters. The second-order valence-electron chi connectivity index (χ2n) is 6.73. The first kappa shape index (κ1) is 22.2. The van der Waals surface area contributed by atoms with Crippen LogP contribution in [0.2, 0.25) is 5.02 Å². The molecule has 0 radical (unpaired) electrons. The topological polar surface area (TPSA) is 38.8 Å². The zero-order valence-electron chi connectivity index (χ0n) is 16.1. The molecule has 1 heterocycles. The number of carbonyl (C=O) groups is 1. The summed E-state index contributed by atoms with van der Waals surface area (Å²) in [6, 6.07) is 10.9. The number of nitrogens with zero attached hydrogens (tertiary/aromatic N) is 1. The summed E-state index contributed by atoms with van der Waals surface area (Å²) in [7, 11) is 1.60. The van der Waals surface area contributed by atoms with Crippen molar-refractivity contribution in [2.75, 3.05) is 18.6 Å². The average Bonchev–Trinajstić information content (AvgIpc) is 2.96. The molecule has 8 heteroatoms. The molecule has 0 unspecified atom stereocenters. The van der Waals surface area contributed by atoms with Gasteiger partial charge in [-0.15, -0.1) is 0 Å². The smallest absolute Gasteiger partial charge is 0.270 e. The van der Waals surface area contributed by atoms with Gasteiger partial charge in [0.1, 0.15) is 0 Å². The molecule has 29 heavy (non-hydrogen) atoms. The summed E-state index contributed by atoms with van der Waals surface area (Å²) in [6.07, 6.45) is 1.80. The predicted octanol–water partition coefficient (Wildman–Crippen LogP) is 6.55. The number of thiocarbonyl (C=S) groups is 1. The number of rotatable bonds is 6. The van der Waals surface area contributed by atoms with E-state index in [0.29, 0.717) is 44.0 Å². The van der Waals surface area contributed by atoms with Crippen LogP contribution in [0.1, 0.15) is 19.4 Å². The Balaban J connectivity index is 1.86. The summed E-state index contributed by atoms with van der Waals surface area (Å²) >= 11 is 16.2. The fourth-order valence-corrected chi connectivity index (χ4v) is 4.34.